The Morgan fingerprint density at radius 2 is 1.52 bits per heavy atom. The topological polar surface area (TPSA) is 32.3 Å². The van der Waals surface area contributed by atoms with E-state index in [1.807, 2.05) is 41.3 Å². The third-order valence-corrected chi connectivity index (χ3v) is 4.41. The summed E-state index contributed by atoms with van der Waals surface area (Å²) in [6.45, 7) is 3.36. The fourth-order valence-corrected chi connectivity index (χ4v) is 3.10. The number of carbonyl (C=O) groups is 1. The van der Waals surface area contributed by atoms with E-state index < -0.39 is 0 Å². The zero-order chi connectivity index (χ0) is 15.9. The zero-order valence-corrected chi connectivity index (χ0v) is 13.4. The van der Waals surface area contributed by atoms with Crippen LogP contribution in [0, 0.1) is 5.92 Å². The van der Waals surface area contributed by atoms with Crippen LogP contribution >= 0.6 is 0 Å². The lowest BCUT2D eigenvalue weighted by Gasteiger charge is -2.24. The van der Waals surface area contributed by atoms with Crippen molar-refractivity contribution in [3.63, 3.8) is 0 Å². The Bertz CT molecular complexity index is 565. The van der Waals surface area contributed by atoms with Gasteiger partial charge in [0, 0.05) is 19.5 Å². The predicted octanol–water partition coefficient (Wildman–Crippen LogP) is 3.22. The van der Waals surface area contributed by atoms with Gasteiger partial charge in [-0.2, -0.15) is 0 Å². The van der Waals surface area contributed by atoms with E-state index in [4.69, 9.17) is 0 Å². The Morgan fingerprint density at radius 3 is 2.00 bits per heavy atom. The summed E-state index contributed by atoms with van der Waals surface area (Å²) in [5, 5.41) is 3.35. The van der Waals surface area contributed by atoms with Crippen molar-refractivity contribution in [2.24, 2.45) is 5.92 Å². The lowest BCUT2D eigenvalue weighted by atomic mass is 10.0. The Morgan fingerprint density at radius 1 is 0.957 bits per heavy atom. The Hall–Kier alpha value is -2.13. The molecular formula is C20H24N2O. The van der Waals surface area contributed by atoms with E-state index in [2.05, 4.69) is 29.6 Å². The number of carbonyl (C=O) groups excluding carboxylic acids is 1. The SMILES string of the molecule is O=C(CC1CCNC1)N(Cc1ccccc1)Cc1ccccc1. The Kier molecular flexibility index (Phi) is 5.43. The van der Waals surface area contributed by atoms with Gasteiger partial charge in [-0.3, -0.25) is 4.79 Å². The van der Waals surface area contributed by atoms with Gasteiger partial charge in [-0.25, -0.2) is 0 Å². The van der Waals surface area contributed by atoms with Gasteiger partial charge in [0.05, 0.1) is 0 Å². The summed E-state index contributed by atoms with van der Waals surface area (Å²) in [6, 6.07) is 20.5. The van der Waals surface area contributed by atoms with Crippen LogP contribution in [0.3, 0.4) is 0 Å². The second-order valence-corrected chi connectivity index (χ2v) is 6.28. The van der Waals surface area contributed by atoms with E-state index in [-0.39, 0.29) is 5.91 Å². The van der Waals surface area contributed by atoms with Crippen molar-refractivity contribution in [1.29, 1.82) is 0 Å². The summed E-state index contributed by atoms with van der Waals surface area (Å²) in [5.74, 6) is 0.739. The molecule has 2 aromatic rings. The van der Waals surface area contributed by atoms with Crippen LogP contribution < -0.4 is 5.32 Å². The maximum Gasteiger partial charge on any atom is 0.223 e. The van der Waals surface area contributed by atoms with Crippen LogP contribution in [-0.4, -0.2) is 23.9 Å². The Balaban J connectivity index is 1.70. The van der Waals surface area contributed by atoms with Crippen LogP contribution in [0.15, 0.2) is 60.7 Å². The highest BCUT2D eigenvalue weighted by Crippen LogP contribution is 2.17. The summed E-state index contributed by atoms with van der Waals surface area (Å²) in [7, 11) is 0. The average molecular weight is 308 g/mol. The van der Waals surface area contributed by atoms with E-state index >= 15 is 0 Å². The maximum atomic E-state index is 12.8. The number of amides is 1. The molecule has 23 heavy (non-hydrogen) atoms. The van der Waals surface area contributed by atoms with Crippen molar-refractivity contribution in [2.45, 2.75) is 25.9 Å². The van der Waals surface area contributed by atoms with Crippen molar-refractivity contribution in [1.82, 2.24) is 10.2 Å². The third-order valence-electron chi connectivity index (χ3n) is 4.41. The lowest BCUT2D eigenvalue weighted by molar-refractivity contribution is -0.133. The van der Waals surface area contributed by atoms with Crippen LogP contribution in [0.5, 0.6) is 0 Å². The number of nitrogens with one attached hydrogen (secondary N) is 1. The van der Waals surface area contributed by atoms with Gasteiger partial charge in [-0.1, -0.05) is 60.7 Å². The third kappa shape index (κ3) is 4.67. The van der Waals surface area contributed by atoms with Crippen LogP contribution in [0.25, 0.3) is 0 Å². The number of nitrogens with zero attached hydrogens (tertiary/aromatic N) is 1. The number of rotatable bonds is 6. The molecule has 1 saturated heterocycles. The molecule has 1 aliphatic rings. The second-order valence-electron chi connectivity index (χ2n) is 6.28. The average Bonchev–Trinajstić information content (AvgIpc) is 3.09. The van der Waals surface area contributed by atoms with Gasteiger partial charge in [0.25, 0.3) is 0 Å². The molecule has 2 aromatic carbocycles. The first-order valence-electron chi connectivity index (χ1n) is 8.37. The molecule has 0 aliphatic carbocycles. The van der Waals surface area contributed by atoms with Crippen molar-refractivity contribution >= 4 is 5.91 Å². The Labute approximate surface area is 138 Å². The van der Waals surface area contributed by atoms with Gasteiger partial charge in [-0.15, -0.1) is 0 Å². The molecule has 1 fully saturated rings. The molecule has 1 atom stereocenters. The summed E-state index contributed by atoms with van der Waals surface area (Å²) in [6.07, 6.45) is 1.75. The minimum atomic E-state index is 0.256. The van der Waals surface area contributed by atoms with Gasteiger partial charge in [0.1, 0.15) is 0 Å². The molecule has 1 aliphatic heterocycles. The first-order valence-corrected chi connectivity index (χ1v) is 8.37. The lowest BCUT2D eigenvalue weighted by Crippen LogP contribution is -2.31. The fraction of sp³-hybridized carbons (Fsp3) is 0.350. The molecule has 0 saturated carbocycles. The molecule has 0 bridgehead atoms. The van der Waals surface area contributed by atoms with Gasteiger partial charge in [-0.05, 0) is 36.6 Å². The van der Waals surface area contributed by atoms with Crippen molar-refractivity contribution < 1.29 is 4.79 Å². The van der Waals surface area contributed by atoms with Crippen molar-refractivity contribution in [3.8, 4) is 0 Å². The molecule has 1 N–H and O–H groups in total. The standard InChI is InChI=1S/C20H24N2O/c23-20(13-19-11-12-21-14-19)22(15-17-7-3-1-4-8-17)16-18-9-5-2-6-10-18/h1-10,19,21H,11-16H2. The molecule has 1 amide bonds. The van der Waals surface area contributed by atoms with Gasteiger partial charge >= 0.3 is 0 Å². The minimum absolute atomic E-state index is 0.256. The highest BCUT2D eigenvalue weighted by atomic mass is 16.2. The molecule has 120 valence electrons. The summed E-state index contributed by atoms with van der Waals surface area (Å²) < 4.78 is 0. The highest BCUT2D eigenvalue weighted by Gasteiger charge is 2.22. The molecule has 0 aromatic heterocycles. The second kappa shape index (κ2) is 7.93. The van der Waals surface area contributed by atoms with Crippen molar-refractivity contribution in [2.75, 3.05) is 13.1 Å². The number of hydrogen-bond acceptors (Lipinski definition) is 2. The molecule has 1 heterocycles. The molecule has 0 radical (unpaired) electrons. The van der Waals surface area contributed by atoms with Crippen LogP contribution in [0.1, 0.15) is 24.0 Å². The minimum Gasteiger partial charge on any atom is -0.334 e. The normalized spacial score (nSPS) is 17.1. The molecule has 1 unspecified atom stereocenters. The summed E-state index contributed by atoms with van der Waals surface area (Å²) in [5.41, 5.74) is 2.36. The highest BCUT2D eigenvalue weighted by molar-refractivity contribution is 5.76. The van der Waals surface area contributed by atoms with Crippen LogP contribution in [0.2, 0.25) is 0 Å². The van der Waals surface area contributed by atoms with E-state index in [0.29, 0.717) is 25.4 Å². The summed E-state index contributed by atoms with van der Waals surface area (Å²) >= 11 is 0. The van der Waals surface area contributed by atoms with Crippen LogP contribution in [-0.2, 0) is 17.9 Å². The van der Waals surface area contributed by atoms with Gasteiger partial charge in [0.2, 0.25) is 5.91 Å². The van der Waals surface area contributed by atoms with E-state index in [9.17, 15) is 4.79 Å². The quantitative estimate of drug-likeness (QED) is 0.888. The predicted molar refractivity (Wildman–Crippen MR) is 92.7 cm³/mol. The van der Waals surface area contributed by atoms with Crippen LogP contribution in [0.4, 0.5) is 0 Å². The van der Waals surface area contributed by atoms with Crippen molar-refractivity contribution in [3.05, 3.63) is 71.8 Å². The smallest absolute Gasteiger partial charge is 0.223 e. The maximum absolute atomic E-state index is 12.8. The number of hydrogen-bond donors (Lipinski definition) is 1. The number of benzene rings is 2. The zero-order valence-electron chi connectivity index (χ0n) is 13.4. The van der Waals surface area contributed by atoms with E-state index in [1.54, 1.807) is 0 Å². The molecular weight excluding hydrogens is 284 g/mol. The summed E-state index contributed by atoms with van der Waals surface area (Å²) in [4.78, 5) is 14.8. The van der Waals surface area contributed by atoms with Gasteiger partial charge < -0.3 is 10.2 Å². The largest absolute Gasteiger partial charge is 0.334 e. The molecule has 3 heteroatoms. The molecule has 3 rings (SSSR count). The first kappa shape index (κ1) is 15.8. The molecule has 0 spiro atoms. The van der Waals surface area contributed by atoms with Gasteiger partial charge in [0.15, 0.2) is 0 Å². The fourth-order valence-electron chi connectivity index (χ4n) is 3.10. The van der Waals surface area contributed by atoms with E-state index in [1.165, 1.54) is 11.1 Å². The van der Waals surface area contributed by atoms with E-state index in [0.717, 1.165) is 19.5 Å². The monoisotopic (exact) mass is 308 g/mol. The molecule has 3 nitrogen and oxygen atoms in total. The first-order chi connectivity index (χ1) is 11.3.